The minimum atomic E-state index is -0.192. The first kappa shape index (κ1) is 18.2. The fourth-order valence-corrected chi connectivity index (χ4v) is 3.84. The number of amides is 2. The molecule has 25 heavy (non-hydrogen) atoms. The number of aliphatic hydroxyl groups excluding tert-OH is 1. The Morgan fingerprint density at radius 2 is 1.96 bits per heavy atom. The van der Waals surface area contributed by atoms with Gasteiger partial charge in [-0.05, 0) is 62.5 Å². The van der Waals surface area contributed by atoms with Crippen molar-refractivity contribution in [2.24, 2.45) is 0 Å². The third-order valence-electron chi connectivity index (χ3n) is 5.27. The van der Waals surface area contributed by atoms with E-state index in [4.69, 9.17) is 4.74 Å². The zero-order valence-electron chi connectivity index (χ0n) is 14.9. The van der Waals surface area contributed by atoms with E-state index in [1.54, 1.807) is 0 Å². The van der Waals surface area contributed by atoms with Gasteiger partial charge in [0.1, 0.15) is 0 Å². The van der Waals surface area contributed by atoms with Crippen LogP contribution < -0.4 is 10.6 Å². The van der Waals surface area contributed by atoms with Gasteiger partial charge in [0.2, 0.25) is 0 Å². The Hall–Kier alpha value is -1.59. The Kier molecular flexibility index (Phi) is 6.70. The van der Waals surface area contributed by atoms with Gasteiger partial charge in [0.25, 0.3) is 0 Å². The van der Waals surface area contributed by atoms with Crippen LogP contribution in [0, 0.1) is 0 Å². The van der Waals surface area contributed by atoms with Crippen molar-refractivity contribution in [2.75, 3.05) is 13.2 Å². The molecule has 3 rings (SSSR count). The Labute approximate surface area is 150 Å². The Bertz CT molecular complexity index is 556. The van der Waals surface area contributed by atoms with E-state index in [9.17, 15) is 9.90 Å². The smallest absolute Gasteiger partial charge is 0.315 e. The number of nitrogens with one attached hydrogen (secondary N) is 2. The molecule has 0 saturated heterocycles. The van der Waals surface area contributed by atoms with Gasteiger partial charge in [-0.1, -0.05) is 24.3 Å². The van der Waals surface area contributed by atoms with E-state index >= 15 is 0 Å². The van der Waals surface area contributed by atoms with Gasteiger partial charge >= 0.3 is 6.03 Å². The Morgan fingerprint density at radius 3 is 2.80 bits per heavy atom. The van der Waals surface area contributed by atoms with Gasteiger partial charge in [-0.3, -0.25) is 0 Å². The van der Waals surface area contributed by atoms with E-state index in [1.807, 2.05) is 0 Å². The molecule has 5 nitrogen and oxygen atoms in total. The summed E-state index contributed by atoms with van der Waals surface area (Å²) < 4.78 is 6.05. The highest BCUT2D eigenvalue weighted by molar-refractivity contribution is 5.74. The molecule has 138 valence electrons. The van der Waals surface area contributed by atoms with Crippen LogP contribution in [0.4, 0.5) is 4.79 Å². The molecule has 0 aromatic heterocycles. The molecular weight excluding hydrogens is 316 g/mol. The fraction of sp³-hybridized carbons (Fsp3) is 0.650. The van der Waals surface area contributed by atoms with Crippen molar-refractivity contribution in [2.45, 2.75) is 69.6 Å². The maximum Gasteiger partial charge on any atom is 0.315 e. The van der Waals surface area contributed by atoms with Crippen LogP contribution in [0.3, 0.4) is 0 Å². The number of carbonyl (C=O) groups is 1. The van der Waals surface area contributed by atoms with Gasteiger partial charge in [0, 0.05) is 19.2 Å². The van der Waals surface area contributed by atoms with Crippen molar-refractivity contribution in [1.82, 2.24) is 10.6 Å². The molecule has 1 aromatic rings. The summed E-state index contributed by atoms with van der Waals surface area (Å²) in [6, 6.07) is 8.63. The Morgan fingerprint density at radius 1 is 1.16 bits per heavy atom. The number of fused-ring (bicyclic) bond motifs is 1. The van der Waals surface area contributed by atoms with E-state index < -0.39 is 0 Å². The van der Waals surface area contributed by atoms with Crippen LogP contribution in [-0.4, -0.2) is 36.4 Å². The third-order valence-corrected chi connectivity index (χ3v) is 5.27. The summed E-state index contributed by atoms with van der Waals surface area (Å²) in [5.74, 6) is 0. The molecule has 0 spiro atoms. The number of aliphatic hydroxyl groups is 1. The summed E-state index contributed by atoms with van der Waals surface area (Å²) in [5.41, 5.74) is 2.74. The maximum atomic E-state index is 11.9. The number of ether oxygens (including phenoxy) is 1. The molecule has 5 heteroatoms. The molecule has 0 bridgehead atoms. The first-order valence-corrected chi connectivity index (χ1v) is 9.64. The normalized spacial score (nSPS) is 25.9. The van der Waals surface area contributed by atoms with Crippen molar-refractivity contribution < 1.29 is 14.6 Å². The second kappa shape index (κ2) is 9.20. The summed E-state index contributed by atoms with van der Waals surface area (Å²) in [5, 5.41) is 15.4. The largest absolute Gasteiger partial charge is 0.393 e. The van der Waals surface area contributed by atoms with E-state index in [1.165, 1.54) is 17.5 Å². The number of aryl methyl sites for hydroxylation is 1. The van der Waals surface area contributed by atoms with Crippen LogP contribution in [0.2, 0.25) is 0 Å². The molecule has 3 N–H and O–H groups in total. The topological polar surface area (TPSA) is 70.6 Å². The number of urea groups is 1. The highest BCUT2D eigenvalue weighted by Crippen LogP contribution is 2.32. The lowest BCUT2D eigenvalue weighted by atomic mass is 9.89. The molecule has 0 aliphatic heterocycles. The Balaban J connectivity index is 1.30. The molecule has 2 aliphatic carbocycles. The average molecular weight is 346 g/mol. The zero-order chi connectivity index (χ0) is 17.5. The number of benzene rings is 1. The minimum absolute atomic E-state index is 0.107. The lowest BCUT2D eigenvalue weighted by Gasteiger charge is -2.26. The predicted octanol–water partition coefficient (Wildman–Crippen LogP) is 3.07. The molecule has 1 unspecified atom stereocenters. The van der Waals surface area contributed by atoms with Gasteiger partial charge in [-0.15, -0.1) is 0 Å². The maximum absolute atomic E-state index is 11.9. The van der Waals surface area contributed by atoms with E-state index in [-0.39, 0.29) is 24.3 Å². The quantitative estimate of drug-likeness (QED) is 0.693. The lowest BCUT2D eigenvalue weighted by molar-refractivity contribution is 0.0396. The molecule has 1 atom stereocenters. The number of rotatable bonds is 6. The summed E-state index contributed by atoms with van der Waals surface area (Å²) >= 11 is 0. The summed E-state index contributed by atoms with van der Waals surface area (Å²) in [6.45, 7) is 1.28. The molecule has 0 heterocycles. The highest BCUT2D eigenvalue weighted by atomic mass is 16.5. The predicted molar refractivity (Wildman–Crippen MR) is 97.5 cm³/mol. The summed E-state index contributed by atoms with van der Waals surface area (Å²) in [4.78, 5) is 11.9. The second-order valence-corrected chi connectivity index (χ2v) is 7.21. The van der Waals surface area contributed by atoms with Crippen LogP contribution in [-0.2, 0) is 11.2 Å². The van der Waals surface area contributed by atoms with Crippen molar-refractivity contribution in [3.8, 4) is 0 Å². The van der Waals surface area contributed by atoms with Crippen molar-refractivity contribution in [3.63, 3.8) is 0 Å². The van der Waals surface area contributed by atoms with Gasteiger partial charge in [-0.2, -0.15) is 0 Å². The lowest BCUT2D eigenvalue weighted by Crippen LogP contribution is -2.44. The van der Waals surface area contributed by atoms with Gasteiger partial charge in [-0.25, -0.2) is 4.79 Å². The summed E-state index contributed by atoms with van der Waals surface area (Å²) in [7, 11) is 0. The first-order valence-electron chi connectivity index (χ1n) is 9.64. The highest BCUT2D eigenvalue weighted by Gasteiger charge is 2.21. The van der Waals surface area contributed by atoms with Gasteiger partial charge < -0.3 is 20.5 Å². The summed E-state index contributed by atoms with van der Waals surface area (Å²) in [6.07, 6.45) is 7.51. The second-order valence-electron chi connectivity index (χ2n) is 7.21. The van der Waals surface area contributed by atoms with Crippen molar-refractivity contribution in [1.29, 1.82) is 0 Å². The van der Waals surface area contributed by atoms with E-state index in [0.717, 1.165) is 44.9 Å². The van der Waals surface area contributed by atoms with Crippen LogP contribution in [0.15, 0.2) is 24.3 Å². The molecule has 2 aliphatic rings. The molecule has 1 aromatic carbocycles. The molecular formula is C20H30N2O3. The van der Waals surface area contributed by atoms with Gasteiger partial charge in [0.15, 0.2) is 0 Å². The molecule has 1 saturated carbocycles. The van der Waals surface area contributed by atoms with Crippen LogP contribution >= 0.6 is 0 Å². The zero-order valence-corrected chi connectivity index (χ0v) is 14.9. The van der Waals surface area contributed by atoms with Crippen LogP contribution in [0.1, 0.15) is 62.2 Å². The van der Waals surface area contributed by atoms with Crippen LogP contribution in [0.5, 0.6) is 0 Å². The first-order chi connectivity index (χ1) is 12.2. The fourth-order valence-electron chi connectivity index (χ4n) is 3.84. The molecule has 0 radical (unpaired) electrons. The average Bonchev–Trinajstić information content (AvgIpc) is 2.63. The standard InChI is InChI=1S/C20H30N2O3/c23-17-11-9-16(10-12-17)22-20(24)21-13-4-14-25-19-8-3-6-15-5-1-2-7-18(15)19/h1-2,5,7,16-17,19,23H,3-4,6,8-14H2,(H2,21,22,24). The van der Waals surface area contributed by atoms with Gasteiger partial charge in [0.05, 0.1) is 12.2 Å². The third kappa shape index (κ3) is 5.44. The number of carbonyl (C=O) groups excluding carboxylic acids is 1. The molecule has 2 amide bonds. The SMILES string of the molecule is O=C(NCCCOC1CCCc2ccccc21)NC1CCC(O)CC1. The van der Waals surface area contributed by atoms with Crippen molar-refractivity contribution in [3.05, 3.63) is 35.4 Å². The van der Waals surface area contributed by atoms with Crippen molar-refractivity contribution >= 4 is 6.03 Å². The minimum Gasteiger partial charge on any atom is -0.393 e. The molecule has 1 fully saturated rings. The number of hydrogen-bond donors (Lipinski definition) is 3. The van der Waals surface area contributed by atoms with Crippen LogP contribution in [0.25, 0.3) is 0 Å². The monoisotopic (exact) mass is 346 g/mol. The van der Waals surface area contributed by atoms with E-state index in [0.29, 0.717) is 13.2 Å². The number of hydrogen-bond acceptors (Lipinski definition) is 3. The van der Waals surface area contributed by atoms with E-state index in [2.05, 4.69) is 34.9 Å².